The summed E-state index contributed by atoms with van der Waals surface area (Å²) in [6, 6.07) is 2.64. The highest BCUT2D eigenvalue weighted by molar-refractivity contribution is 5.92. The standard InChI is InChI=1S/C18H30N4O/c1-18(2,3)22-16(13-6-7-13)12-15(19-22)17(23)21-10-8-14(9-11-21)20(4)5/h12-14H,6-11H2,1-5H3. The Morgan fingerprint density at radius 1 is 1.17 bits per heavy atom. The molecule has 0 aromatic carbocycles. The molecule has 1 aliphatic carbocycles. The van der Waals surface area contributed by atoms with Crippen LogP contribution in [0.2, 0.25) is 0 Å². The number of carbonyl (C=O) groups is 1. The van der Waals surface area contributed by atoms with E-state index in [1.54, 1.807) is 0 Å². The molecule has 23 heavy (non-hydrogen) atoms. The Bertz CT molecular complexity index is 572. The van der Waals surface area contributed by atoms with Crippen LogP contribution in [0.5, 0.6) is 0 Å². The maximum atomic E-state index is 12.8. The molecule has 2 fully saturated rings. The van der Waals surface area contributed by atoms with Crippen LogP contribution in [0.1, 0.15) is 68.6 Å². The van der Waals surface area contributed by atoms with Gasteiger partial charge in [-0.25, -0.2) is 0 Å². The molecule has 0 bridgehead atoms. The molecule has 1 amide bonds. The van der Waals surface area contributed by atoms with Crippen molar-refractivity contribution >= 4 is 5.91 Å². The Morgan fingerprint density at radius 3 is 2.26 bits per heavy atom. The first kappa shape index (κ1) is 16.5. The number of hydrogen-bond donors (Lipinski definition) is 0. The Labute approximate surface area is 139 Å². The van der Waals surface area contributed by atoms with E-state index in [9.17, 15) is 4.79 Å². The first-order chi connectivity index (χ1) is 10.8. The summed E-state index contributed by atoms with van der Waals surface area (Å²) in [6.45, 7) is 8.14. The first-order valence-corrected chi connectivity index (χ1v) is 8.83. The molecule has 128 valence electrons. The Morgan fingerprint density at radius 2 is 1.78 bits per heavy atom. The van der Waals surface area contributed by atoms with E-state index in [1.807, 2.05) is 11.0 Å². The minimum absolute atomic E-state index is 0.0750. The van der Waals surface area contributed by atoms with Gasteiger partial charge < -0.3 is 9.80 Å². The third-order valence-corrected chi connectivity index (χ3v) is 5.07. The normalized spacial score (nSPS) is 20.3. The lowest BCUT2D eigenvalue weighted by Gasteiger charge is -2.34. The van der Waals surface area contributed by atoms with Crippen LogP contribution < -0.4 is 0 Å². The SMILES string of the molecule is CN(C)C1CCN(C(=O)c2cc(C3CC3)n(C(C)(C)C)n2)CC1. The van der Waals surface area contributed by atoms with Gasteiger partial charge in [0.25, 0.3) is 5.91 Å². The lowest BCUT2D eigenvalue weighted by atomic mass is 10.0. The molecule has 1 saturated heterocycles. The molecule has 2 heterocycles. The van der Waals surface area contributed by atoms with Gasteiger partial charge in [0.15, 0.2) is 5.69 Å². The van der Waals surface area contributed by atoms with E-state index in [0.29, 0.717) is 17.7 Å². The summed E-state index contributed by atoms with van der Waals surface area (Å²) in [4.78, 5) is 17.1. The maximum absolute atomic E-state index is 12.8. The van der Waals surface area contributed by atoms with Gasteiger partial charge in [-0.3, -0.25) is 9.48 Å². The quantitative estimate of drug-likeness (QED) is 0.860. The van der Waals surface area contributed by atoms with Gasteiger partial charge in [0.2, 0.25) is 0 Å². The molecular formula is C18H30N4O. The molecule has 2 aliphatic rings. The predicted molar refractivity (Wildman–Crippen MR) is 91.8 cm³/mol. The summed E-state index contributed by atoms with van der Waals surface area (Å²) in [5, 5.41) is 4.69. The molecule has 0 atom stereocenters. The molecule has 1 saturated carbocycles. The number of amides is 1. The van der Waals surface area contributed by atoms with Gasteiger partial charge in [-0.1, -0.05) is 0 Å². The fraction of sp³-hybridized carbons (Fsp3) is 0.778. The summed E-state index contributed by atoms with van der Waals surface area (Å²) in [7, 11) is 4.24. The molecule has 0 N–H and O–H groups in total. The van der Waals surface area contributed by atoms with E-state index in [2.05, 4.69) is 49.5 Å². The highest BCUT2D eigenvalue weighted by Gasteiger charge is 2.34. The van der Waals surface area contributed by atoms with Gasteiger partial charge in [-0.05, 0) is 66.6 Å². The summed E-state index contributed by atoms with van der Waals surface area (Å²) in [6.07, 6.45) is 4.55. The molecule has 0 unspecified atom stereocenters. The van der Waals surface area contributed by atoms with Crippen LogP contribution in [0.25, 0.3) is 0 Å². The fourth-order valence-electron chi connectivity index (χ4n) is 3.45. The number of carbonyl (C=O) groups excluding carboxylic acids is 1. The van der Waals surface area contributed by atoms with Gasteiger partial charge in [-0.2, -0.15) is 5.10 Å². The van der Waals surface area contributed by atoms with Gasteiger partial charge in [0.1, 0.15) is 0 Å². The van der Waals surface area contributed by atoms with Crippen LogP contribution in [0.3, 0.4) is 0 Å². The second-order valence-electron chi connectivity index (χ2n) is 8.30. The highest BCUT2D eigenvalue weighted by atomic mass is 16.2. The predicted octanol–water partition coefficient (Wildman–Crippen LogP) is 2.68. The largest absolute Gasteiger partial charge is 0.337 e. The van der Waals surface area contributed by atoms with E-state index in [0.717, 1.165) is 25.9 Å². The Balaban J connectivity index is 1.76. The summed E-state index contributed by atoms with van der Waals surface area (Å²) in [5.74, 6) is 0.704. The maximum Gasteiger partial charge on any atom is 0.274 e. The molecule has 5 nitrogen and oxygen atoms in total. The minimum Gasteiger partial charge on any atom is -0.337 e. The van der Waals surface area contributed by atoms with E-state index < -0.39 is 0 Å². The van der Waals surface area contributed by atoms with E-state index in [-0.39, 0.29) is 11.4 Å². The zero-order chi connectivity index (χ0) is 16.8. The molecule has 1 aromatic heterocycles. The smallest absolute Gasteiger partial charge is 0.274 e. The summed E-state index contributed by atoms with van der Waals surface area (Å²) in [5.41, 5.74) is 1.79. The van der Waals surface area contributed by atoms with Gasteiger partial charge in [-0.15, -0.1) is 0 Å². The third-order valence-electron chi connectivity index (χ3n) is 5.07. The summed E-state index contributed by atoms with van der Waals surface area (Å²) >= 11 is 0. The molecule has 5 heteroatoms. The Hall–Kier alpha value is -1.36. The average Bonchev–Trinajstić information content (AvgIpc) is 3.23. The third kappa shape index (κ3) is 3.44. The van der Waals surface area contributed by atoms with E-state index in [4.69, 9.17) is 0 Å². The average molecular weight is 318 g/mol. The number of likely N-dealkylation sites (tertiary alicyclic amines) is 1. The molecule has 0 radical (unpaired) electrons. The zero-order valence-corrected chi connectivity index (χ0v) is 15.2. The number of piperidine rings is 1. The number of hydrogen-bond acceptors (Lipinski definition) is 3. The van der Waals surface area contributed by atoms with Crippen molar-refractivity contribution in [2.45, 2.75) is 64.0 Å². The fourth-order valence-corrected chi connectivity index (χ4v) is 3.45. The van der Waals surface area contributed by atoms with E-state index in [1.165, 1.54) is 18.5 Å². The van der Waals surface area contributed by atoms with Crippen molar-refractivity contribution in [3.8, 4) is 0 Å². The molecule has 3 rings (SSSR count). The van der Waals surface area contributed by atoms with E-state index >= 15 is 0 Å². The van der Waals surface area contributed by atoms with Crippen LogP contribution in [0, 0.1) is 0 Å². The van der Waals surface area contributed by atoms with Crippen molar-refractivity contribution in [1.29, 1.82) is 0 Å². The topological polar surface area (TPSA) is 41.4 Å². The molecule has 0 spiro atoms. The molecule has 1 aromatic rings. The van der Waals surface area contributed by atoms with Crippen LogP contribution in [-0.4, -0.2) is 58.7 Å². The van der Waals surface area contributed by atoms with Gasteiger partial charge in [0.05, 0.1) is 5.54 Å². The lowest BCUT2D eigenvalue weighted by molar-refractivity contribution is 0.0656. The first-order valence-electron chi connectivity index (χ1n) is 8.83. The van der Waals surface area contributed by atoms with Crippen molar-refractivity contribution in [2.75, 3.05) is 27.2 Å². The molecule has 1 aliphatic heterocycles. The van der Waals surface area contributed by atoms with Crippen molar-refractivity contribution in [2.24, 2.45) is 0 Å². The number of nitrogens with zero attached hydrogens (tertiary/aromatic N) is 4. The molecular weight excluding hydrogens is 288 g/mol. The summed E-state index contributed by atoms with van der Waals surface area (Å²) < 4.78 is 2.07. The van der Waals surface area contributed by atoms with Crippen LogP contribution in [0.15, 0.2) is 6.07 Å². The second kappa shape index (κ2) is 5.93. The van der Waals surface area contributed by atoms with Crippen molar-refractivity contribution in [1.82, 2.24) is 19.6 Å². The van der Waals surface area contributed by atoms with Crippen molar-refractivity contribution in [3.63, 3.8) is 0 Å². The monoisotopic (exact) mass is 318 g/mol. The minimum atomic E-state index is -0.0750. The van der Waals surface area contributed by atoms with Gasteiger partial charge in [0, 0.05) is 30.7 Å². The number of rotatable bonds is 3. The zero-order valence-electron chi connectivity index (χ0n) is 15.2. The van der Waals surface area contributed by atoms with Crippen LogP contribution >= 0.6 is 0 Å². The second-order valence-corrected chi connectivity index (χ2v) is 8.30. The van der Waals surface area contributed by atoms with Crippen LogP contribution in [-0.2, 0) is 5.54 Å². The van der Waals surface area contributed by atoms with Crippen molar-refractivity contribution in [3.05, 3.63) is 17.5 Å². The number of aromatic nitrogens is 2. The van der Waals surface area contributed by atoms with Crippen LogP contribution in [0.4, 0.5) is 0 Å². The van der Waals surface area contributed by atoms with Crippen molar-refractivity contribution < 1.29 is 4.79 Å². The van der Waals surface area contributed by atoms with Gasteiger partial charge >= 0.3 is 0 Å². The Kier molecular flexibility index (Phi) is 4.25. The lowest BCUT2D eigenvalue weighted by Crippen LogP contribution is -2.44. The highest BCUT2D eigenvalue weighted by Crippen LogP contribution is 2.41.